The second-order valence-electron chi connectivity index (χ2n) is 3.30. The van der Waals surface area contributed by atoms with E-state index in [-0.39, 0.29) is 0 Å². The Bertz CT molecular complexity index is 398. The molecule has 0 saturated heterocycles. The van der Waals surface area contributed by atoms with E-state index in [9.17, 15) is 4.79 Å². The van der Waals surface area contributed by atoms with Crippen LogP contribution in [0.2, 0.25) is 0 Å². The summed E-state index contributed by atoms with van der Waals surface area (Å²) in [5.41, 5.74) is 2.97. The van der Waals surface area contributed by atoms with E-state index in [1.807, 2.05) is 44.2 Å². The molecule has 0 radical (unpaired) electrons. The second kappa shape index (κ2) is 4.99. The Morgan fingerprint density at radius 2 is 2.00 bits per heavy atom. The second-order valence-corrected chi connectivity index (χ2v) is 3.62. The third kappa shape index (κ3) is 2.60. The lowest BCUT2D eigenvalue weighted by Gasteiger charge is -2.18. The van der Waals surface area contributed by atoms with Crippen LogP contribution < -0.4 is 4.90 Å². The highest BCUT2D eigenvalue weighted by molar-refractivity contribution is 6.66. The Hall–Kier alpha value is -1.28. The lowest BCUT2D eigenvalue weighted by atomic mass is 10.0. The molecule has 0 heterocycles. The van der Waals surface area contributed by atoms with Gasteiger partial charge in [-0.1, -0.05) is 24.3 Å². The number of halogens is 1. The van der Waals surface area contributed by atoms with Crippen molar-refractivity contribution in [1.82, 2.24) is 0 Å². The molecule has 0 aliphatic rings. The van der Waals surface area contributed by atoms with Crippen LogP contribution in [0.5, 0.6) is 0 Å². The van der Waals surface area contributed by atoms with E-state index in [2.05, 4.69) is 0 Å². The molecule has 15 heavy (non-hydrogen) atoms. The van der Waals surface area contributed by atoms with Gasteiger partial charge in [-0.05, 0) is 37.1 Å². The summed E-state index contributed by atoms with van der Waals surface area (Å²) in [6.45, 7) is 3.97. The topological polar surface area (TPSA) is 20.3 Å². The van der Waals surface area contributed by atoms with Crippen LogP contribution in [0.4, 0.5) is 10.5 Å². The van der Waals surface area contributed by atoms with Crippen LogP contribution in [0, 0.1) is 0 Å². The first-order chi connectivity index (χ1) is 7.07. The molecule has 0 aromatic heterocycles. The van der Waals surface area contributed by atoms with Gasteiger partial charge in [-0.3, -0.25) is 4.79 Å². The highest BCUT2D eigenvalue weighted by atomic mass is 35.5. The predicted octanol–water partition coefficient (Wildman–Crippen LogP) is 3.90. The minimum Gasteiger partial charge on any atom is -0.301 e. The largest absolute Gasteiger partial charge is 0.320 e. The van der Waals surface area contributed by atoms with Crippen molar-refractivity contribution in [2.75, 3.05) is 11.9 Å². The smallest absolute Gasteiger partial charge is 0.301 e. The van der Waals surface area contributed by atoms with Crippen molar-refractivity contribution in [2.24, 2.45) is 0 Å². The molecule has 0 bridgehead atoms. The van der Waals surface area contributed by atoms with E-state index in [0.717, 1.165) is 16.8 Å². The van der Waals surface area contributed by atoms with Crippen molar-refractivity contribution >= 4 is 28.2 Å². The number of carbonyl (C=O) groups is 1. The zero-order valence-electron chi connectivity index (χ0n) is 9.12. The number of carbonyl (C=O) groups excluding carboxylic acids is 1. The van der Waals surface area contributed by atoms with Crippen molar-refractivity contribution in [2.45, 2.75) is 13.8 Å². The zero-order valence-corrected chi connectivity index (χ0v) is 9.88. The molecule has 3 heteroatoms. The maximum atomic E-state index is 11.1. The van der Waals surface area contributed by atoms with E-state index in [1.165, 1.54) is 4.90 Å². The SMILES string of the molecule is C/C=C(\C)c1ccccc1N(C)C(=O)Cl. The Labute approximate surface area is 95.2 Å². The minimum atomic E-state index is -0.480. The first-order valence-corrected chi connectivity index (χ1v) is 5.11. The number of anilines is 1. The Morgan fingerprint density at radius 3 is 2.53 bits per heavy atom. The number of amides is 1. The van der Waals surface area contributed by atoms with Gasteiger partial charge in [0.1, 0.15) is 0 Å². The molecular formula is C12H14ClNO. The quantitative estimate of drug-likeness (QED) is 0.550. The summed E-state index contributed by atoms with van der Waals surface area (Å²) in [4.78, 5) is 12.5. The van der Waals surface area contributed by atoms with Gasteiger partial charge in [0.2, 0.25) is 0 Å². The van der Waals surface area contributed by atoms with Gasteiger partial charge >= 0.3 is 5.37 Å². The number of allylic oxidation sites excluding steroid dienone is 2. The van der Waals surface area contributed by atoms with E-state index >= 15 is 0 Å². The van der Waals surface area contributed by atoms with Crippen molar-refractivity contribution < 1.29 is 4.79 Å². The molecule has 1 amide bonds. The lowest BCUT2D eigenvalue weighted by Crippen LogP contribution is -2.20. The number of benzene rings is 1. The van der Waals surface area contributed by atoms with E-state index < -0.39 is 5.37 Å². The Balaban J connectivity index is 3.23. The van der Waals surface area contributed by atoms with Crippen LogP contribution in [-0.2, 0) is 0 Å². The van der Waals surface area contributed by atoms with Crippen molar-refractivity contribution in [1.29, 1.82) is 0 Å². The molecular weight excluding hydrogens is 210 g/mol. The van der Waals surface area contributed by atoms with Gasteiger partial charge in [0.05, 0.1) is 5.69 Å². The third-order valence-electron chi connectivity index (χ3n) is 2.39. The summed E-state index contributed by atoms with van der Waals surface area (Å²) in [6.07, 6.45) is 2.01. The van der Waals surface area contributed by atoms with Crippen LogP contribution in [0.3, 0.4) is 0 Å². The van der Waals surface area contributed by atoms with E-state index in [1.54, 1.807) is 7.05 Å². The van der Waals surface area contributed by atoms with Gasteiger partial charge in [0, 0.05) is 12.6 Å². The molecule has 0 aliphatic heterocycles. The third-order valence-corrected chi connectivity index (χ3v) is 2.64. The molecule has 1 aromatic rings. The van der Waals surface area contributed by atoms with Crippen LogP contribution in [0.1, 0.15) is 19.4 Å². The molecule has 2 nitrogen and oxygen atoms in total. The monoisotopic (exact) mass is 223 g/mol. The molecule has 1 rings (SSSR count). The summed E-state index contributed by atoms with van der Waals surface area (Å²) in [5.74, 6) is 0. The standard InChI is InChI=1S/C12H14ClNO/c1-4-9(2)10-7-5-6-8-11(10)14(3)12(13)15/h4-8H,1-3H3/b9-4+. The summed E-state index contributed by atoms with van der Waals surface area (Å²) in [5, 5.41) is -0.480. The normalized spacial score (nSPS) is 11.3. The maximum absolute atomic E-state index is 11.1. The fraction of sp³-hybridized carbons (Fsp3) is 0.250. The van der Waals surface area contributed by atoms with Crippen molar-refractivity contribution in [3.8, 4) is 0 Å². The molecule has 80 valence electrons. The van der Waals surface area contributed by atoms with Gasteiger partial charge in [-0.25, -0.2) is 0 Å². The highest BCUT2D eigenvalue weighted by Gasteiger charge is 2.11. The number of hydrogen-bond acceptors (Lipinski definition) is 1. The van der Waals surface area contributed by atoms with Crippen molar-refractivity contribution in [3.05, 3.63) is 35.9 Å². The van der Waals surface area contributed by atoms with Gasteiger partial charge < -0.3 is 4.90 Å². The molecule has 0 N–H and O–H groups in total. The first kappa shape index (κ1) is 11.8. The van der Waals surface area contributed by atoms with E-state index in [0.29, 0.717) is 0 Å². The van der Waals surface area contributed by atoms with Gasteiger partial charge in [-0.2, -0.15) is 0 Å². The van der Waals surface area contributed by atoms with Crippen LogP contribution in [-0.4, -0.2) is 12.4 Å². The molecule has 0 unspecified atom stereocenters. The predicted molar refractivity (Wildman–Crippen MR) is 65.4 cm³/mol. The molecule has 0 saturated carbocycles. The van der Waals surface area contributed by atoms with Crippen LogP contribution >= 0.6 is 11.6 Å². The van der Waals surface area contributed by atoms with Crippen molar-refractivity contribution in [3.63, 3.8) is 0 Å². The molecule has 0 fully saturated rings. The summed E-state index contributed by atoms with van der Waals surface area (Å²) < 4.78 is 0. The molecule has 0 spiro atoms. The molecule has 0 atom stereocenters. The van der Waals surface area contributed by atoms with Gasteiger partial charge in [0.25, 0.3) is 0 Å². The Morgan fingerprint density at radius 1 is 1.40 bits per heavy atom. The van der Waals surface area contributed by atoms with Crippen LogP contribution in [0.15, 0.2) is 30.3 Å². The fourth-order valence-corrected chi connectivity index (χ4v) is 1.44. The van der Waals surface area contributed by atoms with E-state index in [4.69, 9.17) is 11.6 Å². The summed E-state index contributed by atoms with van der Waals surface area (Å²) in [7, 11) is 1.66. The fourth-order valence-electron chi connectivity index (χ4n) is 1.35. The van der Waals surface area contributed by atoms with Crippen LogP contribution in [0.25, 0.3) is 5.57 Å². The average molecular weight is 224 g/mol. The van der Waals surface area contributed by atoms with Gasteiger partial charge in [-0.15, -0.1) is 0 Å². The van der Waals surface area contributed by atoms with Gasteiger partial charge in [0.15, 0.2) is 0 Å². The minimum absolute atomic E-state index is 0.480. The Kier molecular flexibility index (Phi) is 3.92. The molecule has 0 aliphatic carbocycles. The lowest BCUT2D eigenvalue weighted by molar-refractivity contribution is 0.265. The molecule has 1 aromatic carbocycles. The highest BCUT2D eigenvalue weighted by Crippen LogP contribution is 2.26. The number of rotatable bonds is 2. The number of hydrogen-bond donors (Lipinski definition) is 0. The average Bonchev–Trinajstić information content (AvgIpc) is 2.27. The summed E-state index contributed by atoms with van der Waals surface area (Å²) >= 11 is 5.45. The number of nitrogens with zero attached hydrogens (tertiary/aromatic N) is 1. The number of para-hydroxylation sites is 1. The zero-order chi connectivity index (χ0) is 11.4. The maximum Gasteiger partial charge on any atom is 0.320 e. The summed E-state index contributed by atoms with van der Waals surface area (Å²) in [6, 6.07) is 7.68. The first-order valence-electron chi connectivity index (χ1n) is 4.73.